The number of anilines is 1. The first-order valence-corrected chi connectivity index (χ1v) is 9.03. The van der Waals surface area contributed by atoms with Crippen LogP contribution < -0.4 is 14.8 Å². The van der Waals surface area contributed by atoms with Crippen LogP contribution in [0, 0.1) is 6.92 Å². The molecule has 1 aromatic carbocycles. The zero-order valence-electron chi connectivity index (χ0n) is 15.9. The largest absolute Gasteiger partial charge is 0.492 e. The standard InChI is InChI=1S/C20H22N4O3/c1-5-26-18-8-13-6-11(2)27-17(13)9-16(18)22-20(25)14-7-15-12(3)23-24(4)19(15)21-10-14/h7-11H,5-6H2,1-4H3,(H,22,25). The molecule has 27 heavy (non-hydrogen) atoms. The summed E-state index contributed by atoms with van der Waals surface area (Å²) in [6.07, 6.45) is 2.52. The quantitative estimate of drug-likeness (QED) is 0.767. The SMILES string of the molecule is CCOc1cc2c(cc1NC(=O)c1cnc3c(c1)c(C)nn3C)OC(C)C2. The van der Waals surface area contributed by atoms with E-state index in [1.807, 2.05) is 46.0 Å². The molecular formula is C20H22N4O3. The van der Waals surface area contributed by atoms with E-state index in [1.165, 1.54) is 0 Å². The minimum absolute atomic E-state index is 0.126. The number of benzene rings is 1. The van der Waals surface area contributed by atoms with Crippen LogP contribution in [0.2, 0.25) is 0 Å². The molecular weight excluding hydrogens is 344 g/mol. The highest BCUT2D eigenvalue weighted by molar-refractivity contribution is 6.06. The first kappa shape index (κ1) is 17.3. The molecule has 0 bridgehead atoms. The summed E-state index contributed by atoms with van der Waals surface area (Å²) in [5.74, 6) is 1.19. The Bertz CT molecular complexity index is 1040. The smallest absolute Gasteiger partial charge is 0.257 e. The average molecular weight is 366 g/mol. The van der Waals surface area contributed by atoms with Crippen LogP contribution in [-0.2, 0) is 13.5 Å². The van der Waals surface area contributed by atoms with Gasteiger partial charge in [-0.3, -0.25) is 9.48 Å². The van der Waals surface area contributed by atoms with Gasteiger partial charge in [0, 0.05) is 36.7 Å². The third kappa shape index (κ3) is 3.09. The summed E-state index contributed by atoms with van der Waals surface area (Å²) in [6.45, 7) is 6.36. The number of hydrogen-bond donors (Lipinski definition) is 1. The van der Waals surface area contributed by atoms with Gasteiger partial charge in [0.25, 0.3) is 5.91 Å². The van der Waals surface area contributed by atoms with Crippen molar-refractivity contribution >= 4 is 22.6 Å². The molecule has 0 aliphatic carbocycles. The molecule has 1 unspecified atom stereocenters. The van der Waals surface area contributed by atoms with Gasteiger partial charge in [-0.05, 0) is 32.9 Å². The molecule has 1 N–H and O–H groups in total. The third-order valence-corrected chi connectivity index (χ3v) is 4.67. The summed E-state index contributed by atoms with van der Waals surface area (Å²) in [7, 11) is 1.84. The predicted octanol–water partition coefficient (Wildman–Crippen LogP) is 3.25. The number of pyridine rings is 1. The van der Waals surface area contributed by atoms with Gasteiger partial charge in [0.05, 0.1) is 23.6 Å². The number of nitrogens with zero attached hydrogens (tertiary/aromatic N) is 3. The molecule has 1 aliphatic rings. The minimum Gasteiger partial charge on any atom is -0.492 e. The Morgan fingerprint density at radius 1 is 1.41 bits per heavy atom. The normalized spacial score (nSPS) is 15.5. The van der Waals surface area contributed by atoms with Crippen molar-refractivity contribution in [1.29, 1.82) is 0 Å². The topological polar surface area (TPSA) is 78.3 Å². The molecule has 1 atom stereocenters. The minimum atomic E-state index is -0.250. The lowest BCUT2D eigenvalue weighted by Gasteiger charge is -2.13. The lowest BCUT2D eigenvalue weighted by molar-refractivity contribution is 0.102. The van der Waals surface area contributed by atoms with E-state index >= 15 is 0 Å². The van der Waals surface area contributed by atoms with E-state index in [4.69, 9.17) is 9.47 Å². The number of fused-ring (bicyclic) bond motifs is 2. The predicted molar refractivity (Wildman–Crippen MR) is 103 cm³/mol. The molecule has 0 saturated carbocycles. The molecule has 7 heteroatoms. The van der Waals surface area contributed by atoms with Crippen LogP contribution >= 0.6 is 0 Å². The molecule has 140 valence electrons. The Balaban J connectivity index is 1.66. The number of rotatable bonds is 4. The number of ether oxygens (including phenoxy) is 2. The maximum Gasteiger partial charge on any atom is 0.257 e. The fraction of sp³-hybridized carbons (Fsp3) is 0.350. The first-order valence-electron chi connectivity index (χ1n) is 9.03. The van der Waals surface area contributed by atoms with Gasteiger partial charge in [0.1, 0.15) is 17.6 Å². The van der Waals surface area contributed by atoms with Gasteiger partial charge >= 0.3 is 0 Å². The second-order valence-electron chi connectivity index (χ2n) is 6.78. The van der Waals surface area contributed by atoms with Gasteiger partial charge < -0.3 is 14.8 Å². The highest BCUT2D eigenvalue weighted by Gasteiger charge is 2.23. The van der Waals surface area contributed by atoms with Crippen molar-refractivity contribution in [2.45, 2.75) is 33.3 Å². The lowest BCUT2D eigenvalue weighted by atomic mass is 10.1. The summed E-state index contributed by atoms with van der Waals surface area (Å²) in [4.78, 5) is 17.2. The number of carbonyl (C=O) groups excluding carboxylic acids is 1. The number of aromatic nitrogens is 3. The summed E-state index contributed by atoms with van der Waals surface area (Å²) in [6, 6.07) is 5.60. The zero-order chi connectivity index (χ0) is 19.1. The van der Waals surface area contributed by atoms with E-state index in [0.29, 0.717) is 23.6 Å². The Hall–Kier alpha value is -3.09. The van der Waals surface area contributed by atoms with Crippen LogP contribution in [0.4, 0.5) is 5.69 Å². The molecule has 4 rings (SSSR count). The molecule has 1 amide bonds. The summed E-state index contributed by atoms with van der Waals surface area (Å²) < 4.78 is 13.2. The molecule has 0 radical (unpaired) electrons. The fourth-order valence-corrected chi connectivity index (χ4v) is 3.44. The maximum absolute atomic E-state index is 12.8. The summed E-state index contributed by atoms with van der Waals surface area (Å²) >= 11 is 0. The van der Waals surface area contributed by atoms with Crippen LogP contribution in [0.5, 0.6) is 11.5 Å². The molecule has 0 spiro atoms. The molecule has 1 aliphatic heterocycles. The number of nitrogens with one attached hydrogen (secondary N) is 1. The second kappa shape index (κ2) is 6.57. The molecule has 2 aromatic heterocycles. The van der Waals surface area contributed by atoms with E-state index in [9.17, 15) is 4.79 Å². The first-order chi connectivity index (χ1) is 13.0. The van der Waals surface area contributed by atoms with Crippen LogP contribution in [0.25, 0.3) is 11.0 Å². The van der Waals surface area contributed by atoms with E-state index in [0.717, 1.165) is 34.5 Å². The highest BCUT2D eigenvalue weighted by atomic mass is 16.5. The van der Waals surface area contributed by atoms with E-state index < -0.39 is 0 Å². The Kier molecular flexibility index (Phi) is 4.22. The fourth-order valence-electron chi connectivity index (χ4n) is 3.44. The average Bonchev–Trinajstić information content (AvgIpc) is 3.13. The van der Waals surface area contributed by atoms with Gasteiger partial charge in [0.2, 0.25) is 0 Å². The van der Waals surface area contributed by atoms with Crippen LogP contribution in [-0.4, -0.2) is 33.4 Å². The van der Waals surface area contributed by atoms with Crippen molar-refractivity contribution in [3.63, 3.8) is 0 Å². The van der Waals surface area contributed by atoms with E-state index in [-0.39, 0.29) is 12.0 Å². The van der Waals surface area contributed by atoms with Gasteiger partial charge in [-0.15, -0.1) is 0 Å². The number of hydrogen-bond acceptors (Lipinski definition) is 5. The van der Waals surface area contributed by atoms with E-state index in [1.54, 1.807) is 10.9 Å². The van der Waals surface area contributed by atoms with E-state index in [2.05, 4.69) is 15.4 Å². The van der Waals surface area contributed by atoms with Crippen molar-refractivity contribution in [3.05, 3.63) is 41.2 Å². The van der Waals surface area contributed by atoms with Crippen molar-refractivity contribution in [2.75, 3.05) is 11.9 Å². The summed E-state index contributed by atoms with van der Waals surface area (Å²) in [5, 5.41) is 8.14. The zero-order valence-corrected chi connectivity index (χ0v) is 15.9. The van der Waals surface area contributed by atoms with Crippen molar-refractivity contribution in [3.8, 4) is 11.5 Å². The van der Waals surface area contributed by atoms with Gasteiger partial charge in [-0.25, -0.2) is 4.98 Å². The second-order valence-corrected chi connectivity index (χ2v) is 6.78. The molecule has 0 saturated heterocycles. The Morgan fingerprint density at radius 3 is 3.00 bits per heavy atom. The summed E-state index contributed by atoms with van der Waals surface area (Å²) in [5.41, 5.74) is 3.75. The molecule has 3 aromatic rings. The van der Waals surface area contributed by atoms with Gasteiger partial charge in [0.15, 0.2) is 5.65 Å². The van der Waals surface area contributed by atoms with Crippen LogP contribution in [0.3, 0.4) is 0 Å². The molecule has 0 fully saturated rings. The molecule has 3 heterocycles. The number of aryl methyl sites for hydroxylation is 2. The number of carbonyl (C=O) groups is 1. The lowest BCUT2D eigenvalue weighted by Crippen LogP contribution is -2.13. The Labute approximate surface area is 157 Å². The van der Waals surface area contributed by atoms with Crippen molar-refractivity contribution in [1.82, 2.24) is 14.8 Å². The number of amides is 1. The van der Waals surface area contributed by atoms with Crippen LogP contribution in [0.15, 0.2) is 24.4 Å². The monoisotopic (exact) mass is 366 g/mol. The van der Waals surface area contributed by atoms with Gasteiger partial charge in [-0.1, -0.05) is 0 Å². The van der Waals surface area contributed by atoms with Crippen molar-refractivity contribution in [2.24, 2.45) is 7.05 Å². The van der Waals surface area contributed by atoms with Crippen LogP contribution in [0.1, 0.15) is 35.5 Å². The maximum atomic E-state index is 12.8. The van der Waals surface area contributed by atoms with Crippen molar-refractivity contribution < 1.29 is 14.3 Å². The third-order valence-electron chi connectivity index (χ3n) is 4.67. The Morgan fingerprint density at radius 2 is 2.22 bits per heavy atom. The molecule has 7 nitrogen and oxygen atoms in total. The highest BCUT2D eigenvalue weighted by Crippen LogP contribution is 2.38. The van der Waals surface area contributed by atoms with Gasteiger partial charge in [-0.2, -0.15) is 5.10 Å².